The third kappa shape index (κ3) is 2.89. The van der Waals surface area contributed by atoms with Crippen LogP contribution in [0.25, 0.3) is 5.69 Å². The molecule has 148 valence electrons. The minimum absolute atomic E-state index is 0.0206. The minimum atomic E-state index is 0.0206. The molecule has 4 fully saturated rings. The number of rotatable bonds is 4. The Bertz CT molecular complexity index is 861. The highest BCUT2D eigenvalue weighted by molar-refractivity contribution is 5.94. The van der Waals surface area contributed by atoms with E-state index in [1.54, 1.807) is 0 Å². The van der Waals surface area contributed by atoms with Crippen molar-refractivity contribution in [2.45, 2.75) is 70.8 Å². The summed E-state index contributed by atoms with van der Waals surface area (Å²) in [5.41, 5.74) is 2.64. The van der Waals surface area contributed by atoms with Crippen LogP contribution in [0.1, 0.15) is 80.3 Å². The van der Waals surface area contributed by atoms with Crippen molar-refractivity contribution in [1.82, 2.24) is 14.9 Å². The SMILES string of the molecule is Cc1c(C(=O)NC23CC4CC(CC(C4)C2)C3)nc(C(C)C)n1-c1ccccc1. The summed E-state index contributed by atoms with van der Waals surface area (Å²) in [4.78, 5) is 18.2. The second kappa shape index (κ2) is 6.47. The average molecular weight is 378 g/mol. The number of carbonyl (C=O) groups excluding carboxylic acids is 1. The summed E-state index contributed by atoms with van der Waals surface area (Å²) in [6.45, 7) is 6.31. The number of nitrogens with one attached hydrogen (secondary N) is 1. The fourth-order valence-corrected chi connectivity index (χ4v) is 6.59. The second-order valence-corrected chi connectivity index (χ2v) is 9.88. The highest BCUT2D eigenvalue weighted by Gasteiger charge is 2.51. The predicted molar refractivity (Wildman–Crippen MR) is 111 cm³/mol. The average Bonchev–Trinajstić information content (AvgIpc) is 2.98. The Morgan fingerprint density at radius 1 is 1.07 bits per heavy atom. The standard InChI is InChI=1S/C24H31N3O/c1-15(2)22-25-21(16(3)27(22)20-7-5-4-6-8-20)23(28)26-24-12-17-9-18(13-24)11-19(10-17)14-24/h4-8,15,17-19H,9-14H2,1-3H3,(H,26,28). The van der Waals surface area contributed by atoms with Gasteiger partial charge in [0.25, 0.3) is 5.91 Å². The first-order valence-corrected chi connectivity index (χ1v) is 10.9. The molecule has 0 saturated heterocycles. The fourth-order valence-electron chi connectivity index (χ4n) is 6.59. The molecule has 6 rings (SSSR count). The molecule has 1 heterocycles. The number of nitrogens with zero attached hydrogens (tertiary/aromatic N) is 2. The van der Waals surface area contributed by atoms with E-state index in [0.29, 0.717) is 5.69 Å². The van der Waals surface area contributed by atoms with Gasteiger partial charge in [0, 0.05) is 17.1 Å². The first-order chi connectivity index (χ1) is 13.4. The molecule has 1 N–H and O–H groups in total. The summed E-state index contributed by atoms with van der Waals surface area (Å²) in [5.74, 6) is 3.69. The third-order valence-corrected chi connectivity index (χ3v) is 7.30. The van der Waals surface area contributed by atoms with Crippen LogP contribution in [-0.2, 0) is 0 Å². The van der Waals surface area contributed by atoms with E-state index in [4.69, 9.17) is 4.98 Å². The molecule has 2 aromatic rings. The number of para-hydroxylation sites is 1. The molecule has 0 unspecified atom stereocenters. The summed E-state index contributed by atoms with van der Waals surface area (Å²) in [6.07, 6.45) is 7.65. The molecule has 1 amide bonds. The highest BCUT2D eigenvalue weighted by Crippen LogP contribution is 2.55. The van der Waals surface area contributed by atoms with Crippen LogP contribution in [0.15, 0.2) is 30.3 Å². The van der Waals surface area contributed by atoms with E-state index in [2.05, 4.69) is 35.9 Å². The molecular weight excluding hydrogens is 346 g/mol. The van der Waals surface area contributed by atoms with E-state index in [-0.39, 0.29) is 17.4 Å². The third-order valence-electron chi connectivity index (χ3n) is 7.30. The fraction of sp³-hybridized carbons (Fsp3) is 0.583. The molecule has 4 bridgehead atoms. The van der Waals surface area contributed by atoms with Crippen molar-refractivity contribution in [3.8, 4) is 5.69 Å². The van der Waals surface area contributed by atoms with Crippen LogP contribution < -0.4 is 5.32 Å². The Kier molecular flexibility index (Phi) is 4.15. The Balaban J connectivity index is 1.47. The van der Waals surface area contributed by atoms with Crippen LogP contribution in [0.4, 0.5) is 0 Å². The van der Waals surface area contributed by atoms with Crippen molar-refractivity contribution in [3.63, 3.8) is 0 Å². The Morgan fingerprint density at radius 2 is 1.64 bits per heavy atom. The van der Waals surface area contributed by atoms with E-state index in [0.717, 1.165) is 35.0 Å². The van der Waals surface area contributed by atoms with Crippen LogP contribution in [-0.4, -0.2) is 21.0 Å². The largest absolute Gasteiger partial charge is 0.345 e. The highest BCUT2D eigenvalue weighted by atomic mass is 16.2. The summed E-state index contributed by atoms with van der Waals surface area (Å²) in [6, 6.07) is 10.3. The van der Waals surface area contributed by atoms with Crippen molar-refractivity contribution >= 4 is 5.91 Å². The van der Waals surface area contributed by atoms with E-state index in [9.17, 15) is 4.79 Å². The van der Waals surface area contributed by atoms with Gasteiger partial charge in [-0.1, -0.05) is 32.0 Å². The van der Waals surface area contributed by atoms with Crippen LogP contribution in [0, 0.1) is 24.7 Å². The number of hydrogen-bond donors (Lipinski definition) is 1. The van der Waals surface area contributed by atoms with Crippen molar-refractivity contribution in [1.29, 1.82) is 0 Å². The van der Waals surface area contributed by atoms with Crippen molar-refractivity contribution in [2.24, 2.45) is 17.8 Å². The minimum Gasteiger partial charge on any atom is -0.345 e. The number of amides is 1. The second-order valence-electron chi connectivity index (χ2n) is 9.88. The van der Waals surface area contributed by atoms with Crippen LogP contribution in [0.2, 0.25) is 0 Å². The summed E-state index contributed by atoms with van der Waals surface area (Å²) in [5, 5.41) is 3.50. The van der Waals surface area contributed by atoms with Crippen LogP contribution in [0.5, 0.6) is 0 Å². The van der Waals surface area contributed by atoms with Crippen LogP contribution >= 0.6 is 0 Å². The lowest BCUT2D eigenvalue weighted by Gasteiger charge is -2.56. The number of benzene rings is 1. The molecule has 4 heteroatoms. The maximum absolute atomic E-state index is 13.4. The molecule has 4 aliphatic rings. The molecule has 0 radical (unpaired) electrons. The zero-order valence-corrected chi connectivity index (χ0v) is 17.2. The lowest BCUT2D eigenvalue weighted by molar-refractivity contribution is -0.0167. The maximum atomic E-state index is 13.4. The van der Waals surface area contributed by atoms with Gasteiger partial charge in [-0.2, -0.15) is 0 Å². The molecule has 4 saturated carbocycles. The summed E-state index contributed by atoms with van der Waals surface area (Å²) in [7, 11) is 0. The van der Waals surface area contributed by atoms with E-state index >= 15 is 0 Å². The maximum Gasteiger partial charge on any atom is 0.272 e. The molecule has 1 aromatic heterocycles. The summed E-state index contributed by atoms with van der Waals surface area (Å²) < 4.78 is 2.15. The van der Waals surface area contributed by atoms with Gasteiger partial charge in [0.05, 0.1) is 5.69 Å². The quantitative estimate of drug-likeness (QED) is 0.815. The summed E-state index contributed by atoms with van der Waals surface area (Å²) >= 11 is 0. The van der Waals surface area contributed by atoms with Gasteiger partial charge >= 0.3 is 0 Å². The van der Waals surface area contributed by atoms with Crippen molar-refractivity contribution in [3.05, 3.63) is 47.5 Å². The van der Waals surface area contributed by atoms with Gasteiger partial charge in [-0.25, -0.2) is 4.98 Å². The number of hydrogen-bond acceptors (Lipinski definition) is 2. The molecule has 4 aliphatic carbocycles. The van der Waals surface area contributed by atoms with Crippen molar-refractivity contribution < 1.29 is 4.79 Å². The van der Waals surface area contributed by atoms with E-state index in [1.165, 1.54) is 38.5 Å². The number of carbonyl (C=O) groups is 1. The first kappa shape index (κ1) is 18.0. The predicted octanol–water partition coefficient (Wildman–Crippen LogP) is 5.00. The molecule has 28 heavy (non-hydrogen) atoms. The zero-order chi connectivity index (χ0) is 19.5. The van der Waals surface area contributed by atoms with Gasteiger partial charge in [-0.15, -0.1) is 0 Å². The zero-order valence-electron chi connectivity index (χ0n) is 17.2. The Labute approximate surface area is 167 Å². The van der Waals surface area contributed by atoms with Gasteiger partial charge in [0.2, 0.25) is 0 Å². The first-order valence-electron chi connectivity index (χ1n) is 10.9. The molecule has 0 spiro atoms. The van der Waals surface area contributed by atoms with Crippen LogP contribution in [0.3, 0.4) is 0 Å². The lowest BCUT2D eigenvalue weighted by atomic mass is 9.53. The normalized spacial score (nSPS) is 30.8. The Morgan fingerprint density at radius 3 is 2.18 bits per heavy atom. The van der Waals surface area contributed by atoms with Gasteiger partial charge in [0.15, 0.2) is 0 Å². The topological polar surface area (TPSA) is 46.9 Å². The van der Waals surface area contributed by atoms with Gasteiger partial charge in [-0.3, -0.25) is 9.36 Å². The molecular formula is C24H31N3O. The van der Waals surface area contributed by atoms with Gasteiger partial charge < -0.3 is 5.32 Å². The number of aromatic nitrogens is 2. The van der Waals surface area contributed by atoms with Crippen molar-refractivity contribution in [2.75, 3.05) is 0 Å². The number of imidazole rings is 1. The van der Waals surface area contributed by atoms with Gasteiger partial charge in [0.1, 0.15) is 11.5 Å². The molecule has 0 atom stereocenters. The molecule has 4 nitrogen and oxygen atoms in total. The van der Waals surface area contributed by atoms with E-state index < -0.39 is 0 Å². The smallest absolute Gasteiger partial charge is 0.272 e. The molecule has 1 aromatic carbocycles. The molecule has 0 aliphatic heterocycles. The lowest BCUT2D eigenvalue weighted by Crippen LogP contribution is -2.59. The van der Waals surface area contributed by atoms with E-state index in [1.807, 2.05) is 25.1 Å². The van der Waals surface area contributed by atoms with Gasteiger partial charge in [-0.05, 0) is 75.3 Å². The Hall–Kier alpha value is -2.10. The monoisotopic (exact) mass is 377 g/mol.